The lowest BCUT2D eigenvalue weighted by molar-refractivity contribution is -0.117. The summed E-state index contributed by atoms with van der Waals surface area (Å²) < 4.78 is 12.5. The SMILES string of the molecule is CC(=O)C(C(C)C(C)C)S(=O)c1ccc(Cl)cc1. The van der Waals surface area contributed by atoms with Crippen LogP contribution in [0.15, 0.2) is 29.2 Å². The Hall–Kier alpha value is -0.670. The molecular weight excluding hydrogens is 268 g/mol. The van der Waals surface area contributed by atoms with Crippen molar-refractivity contribution in [2.75, 3.05) is 0 Å². The van der Waals surface area contributed by atoms with Crippen molar-refractivity contribution in [2.45, 2.75) is 37.8 Å². The van der Waals surface area contributed by atoms with Crippen molar-refractivity contribution in [1.82, 2.24) is 0 Å². The van der Waals surface area contributed by atoms with E-state index in [1.54, 1.807) is 24.3 Å². The fraction of sp³-hybridized carbons (Fsp3) is 0.500. The maximum atomic E-state index is 12.5. The van der Waals surface area contributed by atoms with Crippen molar-refractivity contribution < 1.29 is 9.00 Å². The molecule has 1 aromatic carbocycles. The molecule has 1 aromatic rings. The molecule has 0 N–H and O–H groups in total. The van der Waals surface area contributed by atoms with E-state index in [4.69, 9.17) is 11.6 Å². The Morgan fingerprint density at radius 3 is 2.06 bits per heavy atom. The first-order valence-electron chi connectivity index (χ1n) is 6.01. The molecule has 0 bridgehead atoms. The molecule has 0 aliphatic carbocycles. The van der Waals surface area contributed by atoms with Gasteiger partial charge in [0.05, 0.1) is 10.8 Å². The Balaban J connectivity index is 3.04. The molecule has 0 radical (unpaired) electrons. The number of ketones is 1. The standard InChI is InChI=1S/C14H19ClO2S/c1-9(2)10(3)14(11(4)16)18(17)13-7-5-12(15)6-8-13/h5-10,14H,1-4H3. The third-order valence-electron chi connectivity index (χ3n) is 3.21. The van der Waals surface area contributed by atoms with E-state index in [0.29, 0.717) is 15.8 Å². The number of hydrogen-bond acceptors (Lipinski definition) is 2. The smallest absolute Gasteiger partial charge is 0.146 e. The van der Waals surface area contributed by atoms with Gasteiger partial charge in [0.2, 0.25) is 0 Å². The lowest BCUT2D eigenvalue weighted by Crippen LogP contribution is -2.33. The molecule has 3 unspecified atom stereocenters. The normalized spacial score (nSPS) is 16.3. The Morgan fingerprint density at radius 2 is 1.67 bits per heavy atom. The molecule has 0 fully saturated rings. The molecule has 0 saturated carbocycles. The third kappa shape index (κ3) is 3.66. The van der Waals surface area contributed by atoms with Gasteiger partial charge >= 0.3 is 0 Å². The number of rotatable bonds is 5. The lowest BCUT2D eigenvalue weighted by atomic mass is 9.92. The number of hydrogen-bond donors (Lipinski definition) is 0. The van der Waals surface area contributed by atoms with Gasteiger partial charge in [0, 0.05) is 9.92 Å². The van der Waals surface area contributed by atoms with Crippen molar-refractivity contribution in [3.05, 3.63) is 29.3 Å². The van der Waals surface area contributed by atoms with Gasteiger partial charge in [-0.2, -0.15) is 0 Å². The van der Waals surface area contributed by atoms with Gasteiger partial charge < -0.3 is 0 Å². The highest BCUT2D eigenvalue weighted by molar-refractivity contribution is 7.86. The summed E-state index contributed by atoms with van der Waals surface area (Å²) in [4.78, 5) is 12.4. The zero-order chi connectivity index (χ0) is 13.9. The molecular formula is C14H19ClO2S. The fourth-order valence-corrected chi connectivity index (χ4v) is 3.61. The Labute approximate surface area is 116 Å². The predicted octanol–water partition coefficient (Wildman–Crippen LogP) is 3.70. The van der Waals surface area contributed by atoms with Crippen molar-refractivity contribution in [2.24, 2.45) is 11.8 Å². The van der Waals surface area contributed by atoms with Gasteiger partial charge in [-0.05, 0) is 43.0 Å². The first-order valence-corrected chi connectivity index (χ1v) is 7.60. The summed E-state index contributed by atoms with van der Waals surface area (Å²) in [6.07, 6.45) is 0. The van der Waals surface area contributed by atoms with Crippen molar-refractivity contribution in [1.29, 1.82) is 0 Å². The van der Waals surface area contributed by atoms with Gasteiger partial charge in [-0.3, -0.25) is 9.00 Å². The van der Waals surface area contributed by atoms with Crippen LogP contribution in [0.1, 0.15) is 27.7 Å². The van der Waals surface area contributed by atoms with E-state index in [1.807, 2.05) is 20.8 Å². The average Bonchev–Trinajstić information content (AvgIpc) is 2.29. The van der Waals surface area contributed by atoms with Crippen LogP contribution in [-0.4, -0.2) is 15.2 Å². The molecule has 0 aromatic heterocycles. The van der Waals surface area contributed by atoms with Crippen LogP contribution in [0.4, 0.5) is 0 Å². The number of Topliss-reactive ketones (excluding diaryl/α,β-unsaturated/α-hetero) is 1. The van der Waals surface area contributed by atoms with Gasteiger partial charge in [-0.1, -0.05) is 32.4 Å². The molecule has 4 heteroatoms. The topological polar surface area (TPSA) is 34.1 Å². The zero-order valence-corrected chi connectivity index (χ0v) is 12.7. The number of carbonyl (C=O) groups excluding carboxylic acids is 1. The largest absolute Gasteiger partial charge is 0.299 e. The van der Waals surface area contributed by atoms with Crippen LogP contribution >= 0.6 is 11.6 Å². The number of halogens is 1. The van der Waals surface area contributed by atoms with E-state index in [0.717, 1.165) is 0 Å². The van der Waals surface area contributed by atoms with E-state index < -0.39 is 16.0 Å². The van der Waals surface area contributed by atoms with E-state index in [-0.39, 0.29) is 11.7 Å². The highest BCUT2D eigenvalue weighted by Gasteiger charge is 2.30. The lowest BCUT2D eigenvalue weighted by Gasteiger charge is -2.24. The number of benzene rings is 1. The van der Waals surface area contributed by atoms with E-state index in [1.165, 1.54) is 6.92 Å². The molecule has 100 valence electrons. The predicted molar refractivity (Wildman–Crippen MR) is 76.3 cm³/mol. The van der Waals surface area contributed by atoms with Crippen LogP contribution in [0.3, 0.4) is 0 Å². The molecule has 0 spiro atoms. The second-order valence-electron chi connectivity index (χ2n) is 4.89. The van der Waals surface area contributed by atoms with E-state index in [2.05, 4.69) is 0 Å². The molecule has 1 rings (SSSR count). The Morgan fingerprint density at radius 1 is 1.17 bits per heavy atom. The highest BCUT2D eigenvalue weighted by atomic mass is 35.5. The minimum Gasteiger partial charge on any atom is -0.299 e. The summed E-state index contributed by atoms with van der Waals surface area (Å²) in [5.41, 5.74) is 0. The first-order chi connectivity index (χ1) is 8.34. The molecule has 3 atom stereocenters. The van der Waals surface area contributed by atoms with Gasteiger partial charge in [-0.15, -0.1) is 0 Å². The van der Waals surface area contributed by atoms with Crippen LogP contribution in [-0.2, 0) is 15.6 Å². The quantitative estimate of drug-likeness (QED) is 0.827. The molecule has 0 aliphatic heterocycles. The second-order valence-corrected chi connectivity index (χ2v) is 6.90. The van der Waals surface area contributed by atoms with Crippen LogP contribution in [0.5, 0.6) is 0 Å². The summed E-state index contributed by atoms with van der Waals surface area (Å²) in [6, 6.07) is 6.85. The Bertz CT molecular complexity index is 440. The molecule has 0 saturated heterocycles. The molecule has 0 amide bonds. The monoisotopic (exact) mass is 286 g/mol. The number of carbonyl (C=O) groups is 1. The summed E-state index contributed by atoms with van der Waals surface area (Å²) in [6.45, 7) is 7.57. The minimum absolute atomic E-state index is 0.0236. The van der Waals surface area contributed by atoms with Crippen molar-refractivity contribution >= 4 is 28.2 Å². The summed E-state index contributed by atoms with van der Waals surface area (Å²) in [5, 5.41) is 0.151. The van der Waals surface area contributed by atoms with E-state index in [9.17, 15) is 9.00 Å². The average molecular weight is 287 g/mol. The Kier molecular flexibility index (Phi) is 5.54. The second kappa shape index (κ2) is 6.48. The van der Waals surface area contributed by atoms with Crippen molar-refractivity contribution in [3.8, 4) is 0 Å². The van der Waals surface area contributed by atoms with Crippen LogP contribution in [0.25, 0.3) is 0 Å². The van der Waals surface area contributed by atoms with Crippen LogP contribution in [0.2, 0.25) is 5.02 Å². The zero-order valence-electron chi connectivity index (χ0n) is 11.1. The molecule has 0 aliphatic rings. The summed E-state index contributed by atoms with van der Waals surface area (Å²) in [7, 11) is -1.32. The maximum Gasteiger partial charge on any atom is 0.146 e. The minimum atomic E-state index is -1.32. The van der Waals surface area contributed by atoms with Crippen molar-refractivity contribution in [3.63, 3.8) is 0 Å². The van der Waals surface area contributed by atoms with Gasteiger partial charge in [0.25, 0.3) is 0 Å². The molecule has 2 nitrogen and oxygen atoms in total. The van der Waals surface area contributed by atoms with Crippen LogP contribution < -0.4 is 0 Å². The fourth-order valence-electron chi connectivity index (χ4n) is 1.78. The van der Waals surface area contributed by atoms with Gasteiger partial charge in [-0.25, -0.2) is 0 Å². The molecule has 18 heavy (non-hydrogen) atoms. The third-order valence-corrected chi connectivity index (χ3v) is 5.42. The maximum absolute atomic E-state index is 12.5. The van der Waals surface area contributed by atoms with Gasteiger partial charge in [0.15, 0.2) is 0 Å². The summed E-state index contributed by atoms with van der Waals surface area (Å²) >= 11 is 5.81. The molecule has 0 heterocycles. The van der Waals surface area contributed by atoms with Crippen LogP contribution in [0, 0.1) is 11.8 Å². The van der Waals surface area contributed by atoms with Gasteiger partial charge in [0.1, 0.15) is 11.0 Å². The summed E-state index contributed by atoms with van der Waals surface area (Å²) in [5.74, 6) is 0.374. The van der Waals surface area contributed by atoms with E-state index >= 15 is 0 Å². The first kappa shape index (κ1) is 15.4. The highest BCUT2D eigenvalue weighted by Crippen LogP contribution is 2.25.